The quantitative estimate of drug-likeness (QED) is 0.658. The zero-order valence-corrected chi connectivity index (χ0v) is 7.02. The van der Waals surface area contributed by atoms with Crippen molar-refractivity contribution in [1.82, 2.24) is 5.16 Å². The number of hydrogen-bond donors (Lipinski definition) is 1. The molecule has 0 saturated carbocycles. The average Bonchev–Trinajstić information content (AvgIpc) is 2.58. The van der Waals surface area contributed by atoms with Crippen molar-refractivity contribution in [3.63, 3.8) is 0 Å². The molecular formula is C7H8N4O2. The number of anilines is 1. The Balaban J connectivity index is 2.32. The van der Waals surface area contributed by atoms with Crippen molar-refractivity contribution >= 4 is 17.6 Å². The fourth-order valence-electron chi connectivity index (χ4n) is 1.08. The number of carbonyl (C=O) groups excluding carboxylic acids is 1. The summed E-state index contributed by atoms with van der Waals surface area (Å²) in [6.07, 6.45) is 0.145. The monoisotopic (exact) mass is 180 g/mol. The fraction of sp³-hybridized carbons (Fsp3) is 0.286. The van der Waals surface area contributed by atoms with E-state index in [1.807, 2.05) is 0 Å². The van der Waals surface area contributed by atoms with Crippen molar-refractivity contribution in [2.75, 3.05) is 5.01 Å². The molecule has 13 heavy (non-hydrogen) atoms. The number of aromatic nitrogens is 1. The zero-order valence-electron chi connectivity index (χ0n) is 7.02. The highest BCUT2D eigenvalue weighted by Gasteiger charge is 2.25. The summed E-state index contributed by atoms with van der Waals surface area (Å²) in [7, 11) is 0. The maximum Gasteiger partial charge on any atom is 0.256 e. The number of amides is 1. The molecule has 1 aliphatic heterocycles. The maximum absolute atomic E-state index is 11.2. The minimum atomic E-state index is -0.189. The third-order valence-corrected chi connectivity index (χ3v) is 1.63. The van der Waals surface area contributed by atoms with Crippen molar-refractivity contribution in [2.24, 2.45) is 10.8 Å². The number of hydrazone groups is 1. The summed E-state index contributed by atoms with van der Waals surface area (Å²) in [5.74, 6) is 1.11. The van der Waals surface area contributed by atoms with Crippen molar-refractivity contribution in [3.8, 4) is 0 Å². The van der Waals surface area contributed by atoms with E-state index >= 15 is 0 Å². The van der Waals surface area contributed by atoms with Gasteiger partial charge in [0.05, 0.1) is 6.42 Å². The summed E-state index contributed by atoms with van der Waals surface area (Å²) in [5.41, 5.74) is 5.39. The summed E-state index contributed by atoms with van der Waals surface area (Å²) in [6.45, 7) is 1.74. The Hall–Kier alpha value is -1.85. The van der Waals surface area contributed by atoms with Gasteiger partial charge < -0.3 is 10.3 Å². The van der Waals surface area contributed by atoms with E-state index in [4.69, 9.17) is 10.3 Å². The molecule has 1 aromatic rings. The second-order valence-electron chi connectivity index (χ2n) is 2.77. The van der Waals surface area contributed by atoms with Gasteiger partial charge in [-0.25, -0.2) is 0 Å². The van der Waals surface area contributed by atoms with Gasteiger partial charge in [0.1, 0.15) is 11.6 Å². The van der Waals surface area contributed by atoms with Gasteiger partial charge in [0.25, 0.3) is 5.91 Å². The number of amidine groups is 1. The minimum Gasteiger partial charge on any atom is -0.385 e. The zero-order chi connectivity index (χ0) is 9.42. The first kappa shape index (κ1) is 7.78. The largest absolute Gasteiger partial charge is 0.385 e. The second-order valence-corrected chi connectivity index (χ2v) is 2.77. The lowest BCUT2D eigenvalue weighted by Crippen LogP contribution is -2.19. The van der Waals surface area contributed by atoms with Crippen LogP contribution in [0, 0.1) is 6.92 Å². The SMILES string of the molecule is Cc1cc(N2N=C(N)CC2=O)no1. The van der Waals surface area contributed by atoms with Crippen LogP contribution in [0.25, 0.3) is 0 Å². The molecular weight excluding hydrogens is 172 g/mol. The van der Waals surface area contributed by atoms with Gasteiger partial charge in [-0.05, 0) is 6.92 Å². The fourth-order valence-corrected chi connectivity index (χ4v) is 1.08. The maximum atomic E-state index is 11.2. The summed E-state index contributed by atoms with van der Waals surface area (Å²) < 4.78 is 4.81. The number of nitrogens with zero attached hydrogens (tertiary/aromatic N) is 3. The molecule has 1 aromatic heterocycles. The normalized spacial score (nSPS) is 16.5. The molecule has 0 radical (unpaired) electrons. The lowest BCUT2D eigenvalue weighted by Gasteiger charge is -2.04. The molecule has 2 heterocycles. The molecule has 0 fully saturated rings. The number of rotatable bonds is 1. The van der Waals surface area contributed by atoms with Crippen molar-refractivity contribution < 1.29 is 9.32 Å². The van der Waals surface area contributed by atoms with Crippen LogP contribution in [0.15, 0.2) is 15.7 Å². The first-order valence-corrected chi connectivity index (χ1v) is 3.76. The molecule has 2 N–H and O–H groups in total. The van der Waals surface area contributed by atoms with Gasteiger partial charge in [0, 0.05) is 6.07 Å². The molecule has 1 amide bonds. The minimum absolute atomic E-state index is 0.145. The molecule has 0 saturated heterocycles. The highest BCUT2D eigenvalue weighted by molar-refractivity contribution is 6.11. The van der Waals surface area contributed by atoms with Crippen LogP contribution in [0.3, 0.4) is 0 Å². The standard InChI is InChI=1S/C7H8N4O2/c1-4-2-6(10-13-4)11-7(12)3-5(8)9-11/h2H,3H2,1H3,(H2,8,9). The molecule has 0 spiro atoms. The predicted molar refractivity (Wildman–Crippen MR) is 45.0 cm³/mol. The molecule has 68 valence electrons. The van der Waals surface area contributed by atoms with Gasteiger partial charge in [-0.3, -0.25) is 4.79 Å². The Kier molecular flexibility index (Phi) is 1.54. The molecule has 1 aliphatic rings. The molecule has 6 nitrogen and oxygen atoms in total. The third-order valence-electron chi connectivity index (χ3n) is 1.63. The van der Waals surface area contributed by atoms with E-state index in [-0.39, 0.29) is 12.3 Å². The van der Waals surface area contributed by atoms with E-state index in [0.717, 1.165) is 5.01 Å². The van der Waals surface area contributed by atoms with Crippen LogP contribution in [-0.2, 0) is 4.79 Å². The van der Waals surface area contributed by atoms with Crippen molar-refractivity contribution in [2.45, 2.75) is 13.3 Å². The van der Waals surface area contributed by atoms with Gasteiger partial charge >= 0.3 is 0 Å². The number of hydrogen-bond acceptors (Lipinski definition) is 5. The lowest BCUT2D eigenvalue weighted by molar-refractivity contribution is -0.117. The number of aryl methyl sites for hydroxylation is 1. The molecule has 0 atom stereocenters. The van der Waals surface area contributed by atoms with E-state index in [9.17, 15) is 4.79 Å². The van der Waals surface area contributed by atoms with Crippen LogP contribution >= 0.6 is 0 Å². The van der Waals surface area contributed by atoms with E-state index in [0.29, 0.717) is 17.4 Å². The van der Waals surface area contributed by atoms with Crippen LogP contribution in [0.2, 0.25) is 0 Å². The van der Waals surface area contributed by atoms with Gasteiger partial charge in [-0.15, -0.1) is 0 Å². The lowest BCUT2D eigenvalue weighted by atomic mass is 10.4. The van der Waals surface area contributed by atoms with E-state index in [2.05, 4.69) is 10.3 Å². The number of nitrogens with two attached hydrogens (primary N) is 1. The average molecular weight is 180 g/mol. The van der Waals surface area contributed by atoms with E-state index in [1.54, 1.807) is 13.0 Å². The molecule has 0 unspecified atom stereocenters. The highest BCUT2D eigenvalue weighted by atomic mass is 16.5. The first-order valence-electron chi connectivity index (χ1n) is 3.76. The van der Waals surface area contributed by atoms with E-state index in [1.165, 1.54) is 0 Å². The highest BCUT2D eigenvalue weighted by Crippen LogP contribution is 2.18. The molecule has 6 heteroatoms. The Morgan fingerprint density at radius 1 is 1.69 bits per heavy atom. The molecule has 0 bridgehead atoms. The van der Waals surface area contributed by atoms with Gasteiger partial charge in [-0.1, -0.05) is 5.16 Å². The third kappa shape index (κ3) is 1.26. The molecule has 2 rings (SSSR count). The Morgan fingerprint density at radius 3 is 2.92 bits per heavy atom. The topological polar surface area (TPSA) is 84.7 Å². The second kappa shape index (κ2) is 2.58. The Bertz CT molecular complexity index is 382. The Morgan fingerprint density at radius 2 is 2.46 bits per heavy atom. The molecule has 0 aliphatic carbocycles. The first-order chi connectivity index (χ1) is 6.16. The van der Waals surface area contributed by atoms with Crippen molar-refractivity contribution in [1.29, 1.82) is 0 Å². The van der Waals surface area contributed by atoms with Crippen LogP contribution in [0.1, 0.15) is 12.2 Å². The van der Waals surface area contributed by atoms with E-state index < -0.39 is 0 Å². The molecule has 0 aromatic carbocycles. The van der Waals surface area contributed by atoms with Crippen LogP contribution in [0.5, 0.6) is 0 Å². The summed E-state index contributed by atoms with van der Waals surface area (Å²) >= 11 is 0. The summed E-state index contributed by atoms with van der Waals surface area (Å²) in [4.78, 5) is 11.2. The van der Waals surface area contributed by atoms with Crippen molar-refractivity contribution in [3.05, 3.63) is 11.8 Å². The predicted octanol–water partition coefficient (Wildman–Crippen LogP) is -0.00808. The van der Waals surface area contributed by atoms with Gasteiger partial charge in [0.15, 0.2) is 5.82 Å². The smallest absolute Gasteiger partial charge is 0.256 e. The van der Waals surface area contributed by atoms with Crippen LogP contribution in [0.4, 0.5) is 5.82 Å². The summed E-state index contributed by atoms with van der Waals surface area (Å²) in [5, 5.41) is 8.60. The van der Waals surface area contributed by atoms with Gasteiger partial charge in [0.2, 0.25) is 0 Å². The van der Waals surface area contributed by atoms with Gasteiger partial charge in [-0.2, -0.15) is 10.1 Å². The van der Waals surface area contributed by atoms with Crippen LogP contribution in [-0.4, -0.2) is 16.9 Å². The Labute approximate surface area is 74.0 Å². The summed E-state index contributed by atoms with van der Waals surface area (Å²) in [6, 6.07) is 1.62. The van der Waals surface area contributed by atoms with Crippen LogP contribution < -0.4 is 10.7 Å². The number of carbonyl (C=O) groups is 1.